The summed E-state index contributed by atoms with van der Waals surface area (Å²) in [5.41, 5.74) is 3.72. The van der Waals surface area contributed by atoms with Crippen molar-refractivity contribution in [1.29, 1.82) is 0 Å². The highest BCUT2D eigenvalue weighted by molar-refractivity contribution is 7.15. The van der Waals surface area contributed by atoms with Crippen LogP contribution < -0.4 is 10.1 Å². The van der Waals surface area contributed by atoms with Gasteiger partial charge in [0.2, 0.25) is 0 Å². The number of nitrogens with one attached hydrogen (secondary N) is 1. The van der Waals surface area contributed by atoms with E-state index >= 15 is 0 Å². The summed E-state index contributed by atoms with van der Waals surface area (Å²) < 4.78 is 11.8. The van der Waals surface area contributed by atoms with Crippen LogP contribution in [0.1, 0.15) is 44.6 Å². The molecule has 1 atom stereocenters. The molecule has 1 amide bonds. The second-order valence-electron chi connectivity index (χ2n) is 8.75. The van der Waals surface area contributed by atoms with Crippen LogP contribution in [0.4, 0.5) is 10.5 Å². The standard InChI is InChI=1S/C23H28N2O3S/c1-14-11-15(2)27-21-17(7-6-8-18(21)24-14)20-12-16-13-25(10-9-19(16)29-20)22(26)28-23(3,4)5/h6-8,12,15,24H,1,9-11,13H2,2-5H3/t15-/m1/s1. The van der Waals surface area contributed by atoms with Gasteiger partial charge in [-0.1, -0.05) is 12.6 Å². The molecule has 0 saturated heterocycles. The van der Waals surface area contributed by atoms with E-state index in [9.17, 15) is 4.79 Å². The van der Waals surface area contributed by atoms with E-state index in [0.717, 1.165) is 35.5 Å². The molecule has 1 N–H and O–H groups in total. The molecule has 3 heterocycles. The van der Waals surface area contributed by atoms with Crippen LogP contribution in [-0.2, 0) is 17.7 Å². The molecule has 0 spiro atoms. The summed E-state index contributed by atoms with van der Waals surface area (Å²) in [6.45, 7) is 13.1. The Bertz CT molecular complexity index is 958. The van der Waals surface area contributed by atoms with E-state index in [1.54, 1.807) is 16.2 Å². The van der Waals surface area contributed by atoms with Crippen molar-refractivity contribution in [3.8, 4) is 16.2 Å². The molecular formula is C23H28N2O3S. The number of carbonyl (C=O) groups is 1. The van der Waals surface area contributed by atoms with Crippen LogP contribution in [0.5, 0.6) is 5.75 Å². The SMILES string of the molecule is C=C1C[C@@H](C)Oc2c(cccc2-c2cc3c(s2)CCN(C(=O)OC(C)(C)C)C3)N1. The molecule has 0 unspecified atom stereocenters. The Morgan fingerprint density at radius 2 is 2.17 bits per heavy atom. The largest absolute Gasteiger partial charge is 0.487 e. The predicted molar refractivity (Wildman–Crippen MR) is 118 cm³/mol. The maximum atomic E-state index is 12.5. The van der Waals surface area contributed by atoms with Gasteiger partial charge in [-0.25, -0.2) is 4.79 Å². The number of nitrogens with zero attached hydrogens (tertiary/aromatic N) is 1. The number of hydrogen-bond acceptors (Lipinski definition) is 5. The average Bonchev–Trinajstić information content (AvgIpc) is 2.97. The lowest BCUT2D eigenvalue weighted by Gasteiger charge is -2.29. The van der Waals surface area contributed by atoms with Crippen molar-refractivity contribution in [3.63, 3.8) is 0 Å². The molecule has 2 aliphatic heterocycles. The summed E-state index contributed by atoms with van der Waals surface area (Å²) >= 11 is 1.79. The number of benzene rings is 1. The van der Waals surface area contributed by atoms with Crippen molar-refractivity contribution >= 4 is 23.1 Å². The van der Waals surface area contributed by atoms with Crippen LogP contribution in [0.3, 0.4) is 0 Å². The summed E-state index contributed by atoms with van der Waals surface area (Å²) in [6, 6.07) is 8.36. The number of anilines is 1. The summed E-state index contributed by atoms with van der Waals surface area (Å²) in [5.74, 6) is 0.876. The van der Waals surface area contributed by atoms with Crippen molar-refractivity contribution in [2.75, 3.05) is 11.9 Å². The van der Waals surface area contributed by atoms with E-state index in [2.05, 4.69) is 31.0 Å². The number of para-hydroxylation sites is 1. The molecule has 1 aromatic heterocycles. The zero-order valence-corrected chi connectivity index (χ0v) is 18.3. The third kappa shape index (κ3) is 4.27. The van der Waals surface area contributed by atoms with Gasteiger partial charge in [-0.2, -0.15) is 0 Å². The topological polar surface area (TPSA) is 50.8 Å². The smallest absolute Gasteiger partial charge is 0.410 e. The zero-order valence-electron chi connectivity index (χ0n) is 17.5. The number of amides is 1. The molecule has 6 heteroatoms. The van der Waals surface area contributed by atoms with Crippen LogP contribution in [0, 0.1) is 0 Å². The summed E-state index contributed by atoms with van der Waals surface area (Å²) in [5, 5.41) is 3.38. The number of thiophene rings is 1. The molecule has 2 aliphatic rings. The van der Waals surface area contributed by atoms with Crippen molar-refractivity contribution in [2.45, 2.75) is 58.8 Å². The molecule has 0 radical (unpaired) electrons. The molecule has 154 valence electrons. The van der Waals surface area contributed by atoms with Crippen molar-refractivity contribution in [2.24, 2.45) is 0 Å². The van der Waals surface area contributed by atoms with Crippen LogP contribution in [0.15, 0.2) is 36.5 Å². The molecule has 0 bridgehead atoms. The molecule has 1 aromatic carbocycles. The third-order valence-electron chi connectivity index (χ3n) is 4.96. The fourth-order valence-corrected chi connectivity index (χ4v) is 4.92. The predicted octanol–water partition coefficient (Wildman–Crippen LogP) is 5.80. The van der Waals surface area contributed by atoms with E-state index in [1.165, 1.54) is 15.3 Å². The maximum Gasteiger partial charge on any atom is 0.410 e. The Morgan fingerprint density at radius 1 is 1.38 bits per heavy atom. The van der Waals surface area contributed by atoms with Crippen LogP contribution in [0.25, 0.3) is 10.4 Å². The van der Waals surface area contributed by atoms with Gasteiger partial charge in [0.05, 0.1) is 12.2 Å². The first-order valence-corrected chi connectivity index (χ1v) is 10.9. The fourth-order valence-electron chi connectivity index (χ4n) is 3.74. The minimum absolute atomic E-state index is 0.0645. The summed E-state index contributed by atoms with van der Waals surface area (Å²) in [7, 11) is 0. The maximum absolute atomic E-state index is 12.5. The average molecular weight is 413 g/mol. The van der Waals surface area contributed by atoms with Crippen LogP contribution >= 0.6 is 11.3 Å². The first-order valence-electron chi connectivity index (χ1n) is 10.0. The van der Waals surface area contributed by atoms with E-state index in [1.807, 2.05) is 32.9 Å². The Kier molecular flexibility index (Phi) is 5.07. The Hall–Kier alpha value is -2.47. The number of fused-ring (bicyclic) bond motifs is 2. The molecule has 29 heavy (non-hydrogen) atoms. The Labute approximate surface area is 176 Å². The lowest BCUT2D eigenvalue weighted by molar-refractivity contribution is 0.0225. The molecule has 5 nitrogen and oxygen atoms in total. The van der Waals surface area contributed by atoms with Gasteiger partial charge in [0.15, 0.2) is 5.75 Å². The van der Waals surface area contributed by atoms with Crippen molar-refractivity contribution < 1.29 is 14.3 Å². The normalized spacial score (nSPS) is 18.8. The highest BCUT2D eigenvalue weighted by Gasteiger charge is 2.28. The quantitative estimate of drug-likeness (QED) is 0.643. The third-order valence-corrected chi connectivity index (χ3v) is 6.23. The van der Waals surface area contributed by atoms with Gasteiger partial charge < -0.3 is 19.7 Å². The first-order chi connectivity index (χ1) is 13.7. The molecule has 0 aliphatic carbocycles. The number of hydrogen-bond donors (Lipinski definition) is 1. The highest BCUT2D eigenvalue weighted by Crippen LogP contribution is 2.44. The van der Waals surface area contributed by atoms with E-state index in [4.69, 9.17) is 9.47 Å². The van der Waals surface area contributed by atoms with Crippen LogP contribution in [-0.4, -0.2) is 29.2 Å². The van der Waals surface area contributed by atoms with Crippen LogP contribution in [0.2, 0.25) is 0 Å². The molecule has 0 fully saturated rings. The molecule has 0 saturated carbocycles. The zero-order chi connectivity index (χ0) is 20.8. The lowest BCUT2D eigenvalue weighted by atomic mass is 10.1. The minimum Gasteiger partial charge on any atom is -0.487 e. The first kappa shape index (κ1) is 19.8. The van der Waals surface area contributed by atoms with Gasteiger partial charge in [-0.05, 0) is 57.9 Å². The van der Waals surface area contributed by atoms with Gasteiger partial charge in [0.1, 0.15) is 11.7 Å². The second kappa shape index (κ2) is 7.41. The lowest BCUT2D eigenvalue weighted by Crippen LogP contribution is -2.39. The van der Waals surface area contributed by atoms with Crippen molar-refractivity contribution in [3.05, 3.63) is 47.0 Å². The van der Waals surface area contributed by atoms with Gasteiger partial charge >= 0.3 is 6.09 Å². The van der Waals surface area contributed by atoms with Gasteiger partial charge in [0.25, 0.3) is 0 Å². The summed E-state index contributed by atoms with van der Waals surface area (Å²) in [6.07, 6.45) is 1.44. The minimum atomic E-state index is -0.482. The van der Waals surface area contributed by atoms with Gasteiger partial charge in [0, 0.05) is 34.0 Å². The summed E-state index contributed by atoms with van der Waals surface area (Å²) in [4.78, 5) is 16.8. The van der Waals surface area contributed by atoms with E-state index in [-0.39, 0.29) is 12.2 Å². The van der Waals surface area contributed by atoms with Gasteiger partial charge in [-0.3, -0.25) is 0 Å². The number of rotatable bonds is 1. The monoisotopic (exact) mass is 412 g/mol. The molecular weight excluding hydrogens is 384 g/mol. The Balaban J connectivity index is 1.62. The molecule has 2 aromatic rings. The fraction of sp³-hybridized carbons (Fsp3) is 0.435. The molecule has 4 rings (SSSR count). The number of carbonyl (C=O) groups excluding carboxylic acids is 1. The Morgan fingerprint density at radius 3 is 2.93 bits per heavy atom. The number of ether oxygens (including phenoxy) is 2. The highest BCUT2D eigenvalue weighted by atomic mass is 32.1. The van der Waals surface area contributed by atoms with E-state index < -0.39 is 5.60 Å². The van der Waals surface area contributed by atoms with E-state index in [0.29, 0.717) is 13.1 Å². The van der Waals surface area contributed by atoms with Crippen molar-refractivity contribution in [1.82, 2.24) is 4.90 Å². The second-order valence-corrected chi connectivity index (χ2v) is 9.89. The van der Waals surface area contributed by atoms with Gasteiger partial charge in [-0.15, -0.1) is 11.3 Å².